The monoisotopic (exact) mass is 308 g/mol. The molecular formula is C14H24N6S. The molecule has 2 fully saturated rings. The van der Waals surface area contributed by atoms with Gasteiger partial charge in [-0.2, -0.15) is 26.7 Å². The molecule has 6 nitrogen and oxygen atoms in total. The summed E-state index contributed by atoms with van der Waals surface area (Å²) in [5, 5.41) is 3.36. The van der Waals surface area contributed by atoms with Crippen molar-refractivity contribution < 1.29 is 0 Å². The van der Waals surface area contributed by atoms with Crippen molar-refractivity contribution in [1.82, 2.24) is 15.0 Å². The van der Waals surface area contributed by atoms with Crippen LogP contribution in [-0.2, 0) is 0 Å². The van der Waals surface area contributed by atoms with Crippen molar-refractivity contribution in [1.29, 1.82) is 0 Å². The molecule has 2 saturated heterocycles. The molecule has 21 heavy (non-hydrogen) atoms. The van der Waals surface area contributed by atoms with Gasteiger partial charge in [0.25, 0.3) is 0 Å². The molecule has 3 N–H and O–H groups in total. The van der Waals surface area contributed by atoms with Gasteiger partial charge in [-0.25, -0.2) is 0 Å². The number of nitrogens with two attached hydrogens (primary N) is 1. The van der Waals surface area contributed by atoms with E-state index >= 15 is 0 Å². The number of hydrogen-bond acceptors (Lipinski definition) is 7. The molecule has 0 aliphatic carbocycles. The molecule has 0 amide bonds. The Bertz CT molecular complexity index is 482. The molecule has 1 aromatic heterocycles. The van der Waals surface area contributed by atoms with Gasteiger partial charge in [0, 0.05) is 24.4 Å². The maximum absolute atomic E-state index is 5.85. The van der Waals surface area contributed by atoms with Crippen LogP contribution in [0.25, 0.3) is 0 Å². The Balaban J connectivity index is 1.68. The molecule has 0 saturated carbocycles. The number of nitrogens with one attached hydrogen (secondary N) is 1. The maximum atomic E-state index is 5.85. The first-order valence-electron chi connectivity index (χ1n) is 7.79. The number of nitrogen functional groups attached to an aromatic ring is 1. The highest BCUT2D eigenvalue weighted by Gasteiger charge is 2.29. The van der Waals surface area contributed by atoms with Crippen molar-refractivity contribution in [2.75, 3.05) is 41.3 Å². The van der Waals surface area contributed by atoms with Gasteiger partial charge < -0.3 is 16.0 Å². The smallest absolute Gasteiger partial charge is 0.231 e. The summed E-state index contributed by atoms with van der Waals surface area (Å²) in [4.78, 5) is 15.3. The zero-order valence-electron chi connectivity index (χ0n) is 12.6. The zero-order chi connectivity index (χ0) is 14.7. The second-order valence-electron chi connectivity index (χ2n) is 6.12. The van der Waals surface area contributed by atoms with Crippen LogP contribution in [0.5, 0.6) is 0 Å². The summed E-state index contributed by atoms with van der Waals surface area (Å²) in [7, 11) is 0. The van der Waals surface area contributed by atoms with Crippen LogP contribution in [0.4, 0.5) is 17.8 Å². The minimum atomic E-state index is 0.284. The summed E-state index contributed by atoms with van der Waals surface area (Å²) < 4.78 is 0.284. The van der Waals surface area contributed by atoms with Crippen LogP contribution in [0.2, 0.25) is 0 Å². The Morgan fingerprint density at radius 2 is 2.00 bits per heavy atom. The number of aromatic nitrogens is 3. The predicted molar refractivity (Wildman–Crippen MR) is 88.9 cm³/mol. The fourth-order valence-electron chi connectivity index (χ4n) is 2.94. The lowest BCUT2D eigenvalue weighted by atomic mass is 10.1. The van der Waals surface area contributed by atoms with Gasteiger partial charge in [-0.15, -0.1) is 0 Å². The van der Waals surface area contributed by atoms with Gasteiger partial charge in [0.1, 0.15) is 0 Å². The van der Waals surface area contributed by atoms with Gasteiger partial charge in [-0.1, -0.05) is 0 Å². The van der Waals surface area contributed by atoms with E-state index in [0.29, 0.717) is 17.8 Å². The third-order valence-corrected chi connectivity index (χ3v) is 5.74. The van der Waals surface area contributed by atoms with E-state index in [2.05, 4.69) is 32.1 Å². The summed E-state index contributed by atoms with van der Waals surface area (Å²) in [5.74, 6) is 2.87. The molecule has 0 aromatic carbocycles. The van der Waals surface area contributed by atoms with E-state index in [9.17, 15) is 0 Å². The topological polar surface area (TPSA) is 80.0 Å². The van der Waals surface area contributed by atoms with Gasteiger partial charge in [0.15, 0.2) is 0 Å². The highest BCUT2D eigenvalue weighted by atomic mass is 32.2. The number of hydrogen-bond donors (Lipinski definition) is 2. The number of thioether (sulfide) groups is 1. The summed E-state index contributed by atoms with van der Waals surface area (Å²) in [6, 6.07) is 0. The highest BCUT2D eigenvalue weighted by Crippen LogP contribution is 2.37. The molecular weight excluding hydrogens is 284 g/mol. The number of nitrogens with zero attached hydrogens (tertiary/aromatic N) is 4. The number of piperidine rings is 1. The number of rotatable bonds is 4. The molecule has 1 aromatic rings. The van der Waals surface area contributed by atoms with Gasteiger partial charge in [0.05, 0.1) is 0 Å². The van der Waals surface area contributed by atoms with E-state index in [-0.39, 0.29) is 4.75 Å². The Labute approximate surface area is 130 Å². The molecule has 0 radical (unpaired) electrons. The SMILES string of the molecule is CC1(CNc2nc(N)nc(N3CCCCC3)n2)CCCS1. The third-order valence-electron chi connectivity index (χ3n) is 4.20. The minimum Gasteiger partial charge on any atom is -0.368 e. The first-order valence-corrected chi connectivity index (χ1v) is 8.78. The molecule has 1 atom stereocenters. The lowest BCUT2D eigenvalue weighted by Crippen LogP contribution is -2.32. The maximum Gasteiger partial charge on any atom is 0.231 e. The van der Waals surface area contributed by atoms with Crippen molar-refractivity contribution >= 4 is 29.6 Å². The van der Waals surface area contributed by atoms with Crippen molar-refractivity contribution in [2.24, 2.45) is 0 Å². The fourth-order valence-corrected chi connectivity index (χ4v) is 4.18. The minimum absolute atomic E-state index is 0.284. The Morgan fingerprint density at radius 3 is 2.71 bits per heavy atom. The molecule has 3 rings (SSSR count). The predicted octanol–water partition coefficient (Wildman–Crippen LogP) is 2.14. The van der Waals surface area contributed by atoms with E-state index in [1.165, 1.54) is 37.9 Å². The summed E-state index contributed by atoms with van der Waals surface area (Å²) in [6.07, 6.45) is 6.22. The molecule has 7 heteroatoms. The van der Waals surface area contributed by atoms with E-state index in [1.807, 2.05) is 11.8 Å². The van der Waals surface area contributed by atoms with Crippen molar-refractivity contribution in [3.05, 3.63) is 0 Å². The molecule has 0 bridgehead atoms. The average Bonchev–Trinajstić information content (AvgIpc) is 2.93. The summed E-state index contributed by atoms with van der Waals surface area (Å²) >= 11 is 2.03. The van der Waals surface area contributed by atoms with Gasteiger partial charge in [-0.05, 0) is 44.8 Å². The Hall–Kier alpha value is -1.24. The first-order chi connectivity index (χ1) is 10.1. The van der Waals surface area contributed by atoms with Crippen LogP contribution in [-0.4, -0.2) is 45.1 Å². The average molecular weight is 308 g/mol. The van der Waals surface area contributed by atoms with Gasteiger partial charge in [0.2, 0.25) is 17.8 Å². The quantitative estimate of drug-likeness (QED) is 0.882. The van der Waals surface area contributed by atoms with E-state index in [4.69, 9.17) is 5.73 Å². The zero-order valence-corrected chi connectivity index (χ0v) is 13.5. The van der Waals surface area contributed by atoms with Crippen LogP contribution < -0.4 is 16.0 Å². The van der Waals surface area contributed by atoms with Gasteiger partial charge in [-0.3, -0.25) is 0 Å². The van der Waals surface area contributed by atoms with E-state index in [1.54, 1.807) is 0 Å². The largest absolute Gasteiger partial charge is 0.368 e. The lowest BCUT2D eigenvalue weighted by molar-refractivity contribution is 0.567. The van der Waals surface area contributed by atoms with Crippen LogP contribution in [0, 0.1) is 0 Å². The van der Waals surface area contributed by atoms with Gasteiger partial charge >= 0.3 is 0 Å². The molecule has 2 aliphatic heterocycles. The van der Waals surface area contributed by atoms with Crippen LogP contribution in [0.3, 0.4) is 0 Å². The van der Waals surface area contributed by atoms with Crippen LogP contribution in [0.1, 0.15) is 39.0 Å². The second kappa shape index (κ2) is 6.25. The molecule has 1 unspecified atom stereocenters. The summed E-state index contributed by atoms with van der Waals surface area (Å²) in [6.45, 7) is 5.20. The normalized spacial score (nSPS) is 26.0. The van der Waals surface area contributed by atoms with E-state index < -0.39 is 0 Å². The number of anilines is 3. The second-order valence-corrected chi connectivity index (χ2v) is 7.80. The van der Waals surface area contributed by atoms with Crippen molar-refractivity contribution in [3.63, 3.8) is 0 Å². The summed E-state index contributed by atoms with van der Waals surface area (Å²) in [5.41, 5.74) is 5.85. The van der Waals surface area contributed by atoms with Crippen molar-refractivity contribution in [2.45, 2.75) is 43.8 Å². The fraction of sp³-hybridized carbons (Fsp3) is 0.786. The first kappa shape index (κ1) is 14.7. The molecule has 2 aliphatic rings. The van der Waals surface area contributed by atoms with Crippen molar-refractivity contribution in [3.8, 4) is 0 Å². The molecule has 3 heterocycles. The molecule has 116 valence electrons. The lowest BCUT2D eigenvalue weighted by Gasteiger charge is -2.27. The Morgan fingerprint density at radius 1 is 1.19 bits per heavy atom. The van der Waals surface area contributed by atoms with E-state index in [0.717, 1.165) is 19.6 Å². The van der Waals surface area contributed by atoms with Crippen LogP contribution >= 0.6 is 11.8 Å². The van der Waals surface area contributed by atoms with Crippen LogP contribution in [0.15, 0.2) is 0 Å². The highest BCUT2D eigenvalue weighted by molar-refractivity contribution is 8.00. The Kier molecular flexibility index (Phi) is 4.37. The molecule has 0 spiro atoms. The standard InChI is InChI=1S/C14H24N6S/c1-14(6-5-9-21-14)10-16-12-17-11(15)18-13(19-12)20-7-3-2-4-8-20/h2-10H2,1H3,(H3,15,16,17,18,19). The third kappa shape index (κ3) is 3.70.